The molecule has 19 heavy (non-hydrogen) atoms. The van der Waals surface area contributed by atoms with Crippen molar-refractivity contribution in [1.82, 2.24) is 10.5 Å². The van der Waals surface area contributed by atoms with E-state index in [4.69, 9.17) is 10.3 Å². The zero-order valence-electron chi connectivity index (χ0n) is 10.0. The van der Waals surface area contributed by atoms with Gasteiger partial charge in [-0.3, -0.25) is 4.79 Å². The molecule has 5 nitrogen and oxygen atoms in total. The molecule has 0 fully saturated rings. The summed E-state index contributed by atoms with van der Waals surface area (Å²) >= 11 is 0. The molecule has 0 aliphatic heterocycles. The molecule has 7 heteroatoms. The lowest BCUT2D eigenvalue weighted by Crippen LogP contribution is -2.24. The lowest BCUT2D eigenvalue weighted by Gasteiger charge is -2.06. The van der Waals surface area contributed by atoms with Gasteiger partial charge in [0, 0.05) is 12.1 Å². The van der Waals surface area contributed by atoms with Crippen LogP contribution in [0.4, 0.5) is 14.5 Å². The maximum Gasteiger partial charge on any atom is 0.254 e. The monoisotopic (exact) mass is 267 g/mol. The normalized spacial score (nSPS) is 10.5. The predicted octanol–water partition coefficient (Wildman–Crippen LogP) is 1.77. The number of nitrogens with zero attached hydrogens (tertiary/aromatic N) is 1. The molecule has 0 atom stereocenters. The summed E-state index contributed by atoms with van der Waals surface area (Å²) in [5.74, 6) is -2.16. The molecule has 0 unspecified atom stereocenters. The van der Waals surface area contributed by atoms with Gasteiger partial charge in [0.1, 0.15) is 11.6 Å². The Morgan fingerprint density at radius 2 is 2.11 bits per heavy atom. The highest BCUT2D eigenvalue weighted by Gasteiger charge is 2.15. The third kappa shape index (κ3) is 2.87. The van der Waals surface area contributed by atoms with E-state index in [9.17, 15) is 13.6 Å². The molecular formula is C12H11F2N3O2. The van der Waals surface area contributed by atoms with E-state index < -0.39 is 17.5 Å². The van der Waals surface area contributed by atoms with Crippen LogP contribution in [0.5, 0.6) is 0 Å². The number of nitrogen functional groups attached to an aromatic ring is 1. The van der Waals surface area contributed by atoms with Crippen molar-refractivity contribution in [3.63, 3.8) is 0 Å². The number of nitrogens with one attached hydrogen (secondary N) is 1. The van der Waals surface area contributed by atoms with Crippen LogP contribution in [0.3, 0.4) is 0 Å². The first-order valence-corrected chi connectivity index (χ1v) is 5.42. The van der Waals surface area contributed by atoms with Crippen LogP contribution in [0.25, 0.3) is 0 Å². The summed E-state index contributed by atoms with van der Waals surface area (Å²) in [6.07, 6.45) is 0. The Morgan fingerprint density at radius 1 is 1.37 bits per heavy atom. The number of aromatic nitrogens is 1. The molecule has 3 N–H and O–H groups in total. The predicted molar refractivity (Wildman–Crippen MR) is 63.2 cm³/mol. The van der Waals surface area contributed by atoms with Gasteiger partial charge < -0.3 is 15.6 Å². The summed E-state index contributed by atoms with van der Waals surface area (Å²) in [5.41, 5.74) is 5.34. The van der Waals surface area contributed by atoms with Crippen LogP contribution >= 0.6 is 0 Å². The van der Waals surface area contributed by atoms with E-state index in [1.54, 1.807) is 13.0 Å². The molecule has 1 aromatic carbocycles. The second-order valence-electron chi connectivity index (χ2n) is 3.97. The number of hydrogen-bond acceptors (Lipinski definition) is 4. The first-order chi connectivity index (χ1) is 8.97. The largest absolute Gasteiger partial charge is 0.396 e. The summed E-state index contributed by atoms with van der Waals surface area (Å²) in [6.45, 7) is 1.78. The molecule has 0 aliphatic carbocycles. The molecular weight excluding hydrogens is 256 g/mol. The van der Waals surface area contributed by atoms with Gasteiger partial charge in [-0.05, 0) is 13.0 Å². The van der Waals surface area contributed by atoms with E-state index in [-0.39, 0.29) is 17.8 Å². The highest BCUT2D eigenvalue weighted by atomic mass is 19.1. The Balaban J connectivity index is 2.10. The first kappa shape index (κ1) is 13.0. The summed E-state index contributed by atoms with van der Waals surface area (Å²) < 4.78 is 31.3. The summed E-state index contributed by atoms with van der Waals surface area (Å²) in [7, 11) is 0. The topological polar surface area (TPSA) is 81.2 Å². The lowest BCUT2D eigenvalue weighted by atomic mass is 10.1. The van der Waals surface area contributed by atoms with Crippen LogP contribution in [0.15, 0.2) is 22.7 Å². The number of hydrogen-bond donors (Lipinski definition) is 2. The number of rotatable bonds is 3. The quantitative estimate of drug-likeness (QED) is 0.830. The number of amides is 1. The lowest BCUT2D eigenvalue weighted by molar-refractivity contribution is 0.0943. The maximum absolute atomic E-state index is 13.4. The smallest absolute Gasteiger partial charge is 0.254 e. The van der Waals surface area contributed by atoms with Gasteiger partial charge in [0.25, 0.3) is 5.91 Å². The SMILES string of the molecule is Cc1cc(CNC(=O)c2cc(N)c(F)cc2F)on1. The molecule has 1 heterocycles. The Morgan fingerprint density at radius 3 is 2.74 bits per heavy atom. The van der Waals surface area contributed by atoms with E-state index >= 15 is 0 Å². The van der Waals surface area contributed by atoms with E-state index in [0.717, 1.165) is 6.07 Å². The van der Waals surface area contributed by atoms with Crippen LogP contribution in [0, 0.1) is 18.6 Å². The standard InChI is InChI=1S/C12H11F2N3O2/c1-6-2-7(19-17-6)5-16-12(18)8-3-11(15)10(14)4-9(8)13/h2-4H,5,15H2,1H3,(H,16,18). The van der Waals surface area contributed by atoms with Gasteiger partial charge in [0.15, 0.2) is 5.76 Å². The fraction of sp³-hybridized carbons (Fsp3) is 0.167. The van der Waals surface area contributed by atoms with Gasteiger partial charge in [-0.2, -0.15) is 0 Å². The molecule has 0 radical (unpaired) electrons. The molecule has 0 saturated heterocycles. The molecule has 1 amide bonds. The fourth-order valence-corrected chi connectivity index (χ4v) is 1.50. The van der Waals surface area contributed by atoms with Crippen molar-refractivity contribution in [3.05, 3.63) is 46.9 Å². The van der Waals surface area contributed by atoms with Crippen LogP contribution in [-0.4, -0.2) is 11.1 Å². The van der Waals surface area contributed by atoms with Crippen LogP contribution < -0.4 is 11.1 Å². The Hall–Kier alpha value is -2.44. The summed E-state index contributed by atoms with van der Waals surface area (Å²) in [5, 5.41) is 6.07. The molecule has 2 rings (SSSR count). The fourth-order valence-electron chi connectivity index (χ4n) is 1.50. The number of carbonyl (C=O) groups excluding carboxylic acids is 1. The Labute approximate surface area is 107 Å². The third-order valence-corrected chi connectivity index (χ3v) is 2.43. The number of benzene rings is 1. The molecule has 2 aromatic rings. The van der Waals surface area contributed by atoms with Crippen LogP contribution in [0.1, 0.15) is 21.8 Å². The van der Waals surface area contributed by atoms with Crippen molar-refractivity contribution >= 4 is 11.6 Å². The highest BCUT2D eigenvalue weighted by molar-refractivity contribution is 5.95. The van der Waals surface area contributed by atoms with Crippen molar-refractivity contribution in [3.8, 4) is 0 Å². The zero-order valence-corrected chi connectivity index (χ0v) is 10.0. The number of carbonyl (C=O) groups is 1. The van der Waals surface area contributed by atoms with Gasteiger partial charge >= 0.3 is 0 Å². The molecule has 0 spiro atoms. The third-order valence-electron chi connectivity index (χ3n) is 2.43. The van der Waals surface area contributed by atoms with Gasteiger partial charge in [-0.25, -0.2) is 8.78 Å². The van der Waals surface area contributed by atoms with E-state index in [1.165, 1.54) is 0 Å². The summed E-state index contributed by atoms with van der Waals surface area (Å²) in [4.78, 5) is 11.7. The number of halogens is 2. The van der Waals surface area contributed by atoms with Gasteiger partial charge in [-0.1, -0.05) is 5.16 Å². The molecule has 0 saturated carbocycles. The molecule has 0 bridgehead atoms. The van der Waals surface area contributed by atoms with E-state index in [1.807, 2.05) is 0 Å². The van der Waals surface area contributed by atoms with Crippen LogP contribution in [0.2, 0.25) is 0 Å². The summed E-state index contributed by atoms with van der Waals surface area (Å²) in [6, 6.07) is 3.16. The van der Waals surface area contributed by atoms with Crippen LogP contribution in [-0.2, 0) is 6.54 Å². The minimum Gasteiger partial charge on any atom is -0.396 e. The zero-order chi connectivity index (χ0) is 14.0. The minimum atomic E-state index is -0.974. The van der Waals surface area contributed by atoms with Crippen molar-refractivity contribution in [1.29, 1.82) is 0 Å². The van der Waals surface area contributed by atoms with Gasteiger partial charge in [0.2, 0.25) is 0 Å². The van der Waals surface area contributed by atoms with Crippen molar-refractivity contribution in [2.75, 3.05) is 5.73 Å². The highest BCUT2D eigenvalue weighted by Crippen LogP contribution is 2.16. The Kier molecular flexibility index (Phi) is 3.46. The molecule has 100 valence electrons. The van der Waals surface area contributed by atoms with E-state index in [0.29, 0.717) is 17.5 Å². The minimum absolute atomic E-state index is 0.0520. The number of anilines is 1. The van der Waals surface area contributed by atoms with Crippen molar-refractivity contribution < 1.29 is 18.1 Å². The Bertz CT molecular complexity index is 625. The van der Waals surface area contributed by atoms with Gasteiger partial charge in [0.05, 0.1) is 23.5 Å². The number of nitrogens with two attached hydrogens (primary N) is 1. The maximum atomic E-state index is 13.4. The molecule has 0 aliphatic rings. The first-order valence-electron chi connectivity index (χ1n) is 5.42. The van der Waals surface area contributed by atoms with Crippen molar-refractivity contribution in [2.24, 2.45) is 0 Å². The van der Waals surface area contributed by atoms with Crippen molar-refractivity contribution in [2.45, 2.75) is 13.5 Å². The second kappa shape index (κ2) is 5.05. The second-order valence-corrected chi connectivity index (χ2v) is 3.97. The van der Waals surface area contributed by atoms with Gasteiger partial charge in [-0.15, -0.1) is 0 Å². The average molecular weight is 267 g/mol. The molecule has 1 aromatic heterocycles. The number of aryl methyl sites for hydroxylation is 1. The van der Waals surface area contributed by atoms with E-state index in [2.05, 4.69) is 10.5 Å². The average Bonchev–Trinajstić information content (AvgIpc) is 2.77.